The quantitative estimate of drug-likeness (QED) is 0.154. The highest BCUT2D eigenvalue weighted by Crippen LogP contribution is 2.33. The van der Waals surface area contributed by atoms with Gasteiger partial charge < -0.3 is 20.3 Å². The third kappa shape index (κ3) is 5.41. The maximum absolute atomic E-state index is 13.6. The lowest BCUT2D eigenvalue weighted by atomic mass is 10.0. The fourth-order valence-electron chi connectivity index (χ4n) is 3.52. The molecule has 2 aliphatic rings. The van der Waals surface area contributed by atoms with E-state index in [1.54, 1.807) is 11.8 Å². The number of rotatable bonds is 8. The van der Waals surface area contributed by atoms with Gasteiger partial charge in [0.2, 0.25) is 23.3 Å². The molecule has 2 N–H and O–H groups in total. The van der Waals surface area contributed by atoms with Crippen molar-refractivity contribution in [3.8, 4) is 5.75 Å². The zero-order valence-electron chi connectivity index (χ0n) is 16.6. The van der Waals surface area contributed by atoms with Crippen molar-refractivity contribution in [3.63, 3.8) is 0 Å². The van der Waals surface area contributed by atoms with Crippen LogP contribution >= 0.6 is 11.8 Å². The zero-order chi connectivity index (χ0) is 22.7. The Balaban J connectivity index is 1.40. The van der Waals surface area contributed by atoms with Crippen molar-refractivity contribution in [1.29, 1.82) is 0 Å². The Morgan fingerprint density at radius 3 is 2.52 bits per heavy atom. The minimum absolute atomic E-state index is 0.000958. The van der Waals surface area contributed by atoms with Crippen LogP contribution in [-0.2, 0) is 9.59 Å². The van der Waals surface area contributed by atoms with Gasteiger partial charge in [0, 0.05) is 30.5 Å². The van der Waals surface area contributed by atoms with Gasteiger partial charge in [0.05, 0.1) is 12.1 Å². The SMILES string of the molecule is CN(CC(=O)Oc1c(F)c(F)cc(F)c1F)C(=O)CCCCC1SCC2NC(=O)NC21. The van der Waals surface area contributed by atoms with Crippen LogP contribution in [0.4, 0.5) is 22.4 Å². The molecule has 7 nitrogen and oxygen atoms in total. The largest absolute Gasteiger partial charge is 0.419 e. The molecule has 3 atom stereocenters. The number of halogens is 4. The van der Waals surface area contributed by atoms with E-state index in [0.717, 1.165) is 23.5 Å². The highest BCUT2D eigenvalue weighted by atomic mass is 32.2. The number of carbonyl (C=O) groups excluding carboxylic acids is 3. The van der Waals surface area contributed by atoms with Crippen molar-refractivity contribution in [3.05, 3.63) is 29.3 Å². The fourth-order valence-corrected chi connectivity index (χ4v) is 5.07. The van der Waals surface area contributed by atoms with Gasteiger partial charge in [-0.3, -0.25) is 4.79 Å². The molecule has 0 aliphatic carbocycles. The molecule has 0 saturated carbocycles. The summed E-state index contributed by atoms with van der Waals surface area (Å²) in [6.45, 7) is -0.643. The number of thioether (sulfide) groups is 1. The number of nitrogens with one attached hydrogen (secondary N) is 2. The third-order valence-corrected chi connectivity index (χ3v) is 6.66. The smallest absolute Gasteiger partial charge is 0.331 e. The van der Waals surface area contributed by atoms with Gasteiger partial charge in [0.1, 0.15) is 6.54 Å². The topological polar surface area (TPSA) is 87.7 Å². The van der Waals surface area contributed by atoms with Crippen LogP contribution in [0.1, 0.15) is 25.7 Å². The Bertz CT molecular complexity index is 862. The molecule has 2 saturated heterocycles. The summed E-state index contributed by atoms with van der Waals surface area (Å²) in [7, 11) is 1.31. The second-order valence-electron chi connectivity index (χ2n) is 7.39. The number of nitrogens with zero attached hydrogens (tertiary/aromatic N) is 1. The van der Waals surface area contributed by atoms with E-state index >= 15 is 0 Å². The number of benzene rings is 1. The minimum atomic E-state index is -1.83. The number of amides is 3. The second-order valence-corrected chi connectivity index (χ2v) is 8.66. The maximum Gasteiger partial charge on any atom is 0.331 e. The van der Waals surface area contributed by atoms with Crippen LogP contribution in [0, 0.1) is 23.3 Å². The average molecular weight is 463 g/mol. The van der Waals surface area contributed by atoms with Crippen LogP contribution in [0.25, 0.3) is 0 Å². The van der Waals surface area contributed by atoms with Gasteiger partial charge in [0.15, 0.2) is 11.6 Å². The zero-order valence-corrected chi connectivity index (χ0v) is 17.4. The van der Waals surface area contributed by atoms with Gasteiger partial charge in [-0.2, -0.15) is 20.5 Å². The van der Waals surface area contributed by atoms with Crippen molar-refractivity contribution in [2.45, 2.75) is 43.0 Å². The molecule has 1 aromatic carbocycles. The Hall–Kier alpha value is -2.50. The summed E-state index contributed by atoms with van der Waals surface area (Å²) in [5.74, 6) is -9.34. The first-order chi connectivity index (χ1) is 14.7. The number of fused-ring (bicyclic) bond motifs is 1. The van der Waals surface area contributed by atoms with E-state index in [-0.39, 0.29) is 35.9 Å². The standard InChI is InChI=1S/C19H21F4N3O4S/c1-26(7-14(28)30-18-15(22)9(20)6-10(21)16(18)23)13(27)5-3-2-4-12-17-11(8-31-12)24-19(29)25-17/h6,11-12,17H,2-5,7-8H2,1H3,(H2,24,25,29). The molecule has 2 aliphatic heterocycles. The number of hydrogen-bond acceptors (Lipinski definition) is 5. The van der Waals surface area contributed by atoms with Crippen molar-refractivity contribution in [2.75, 3.05) is 19.3 Å². The summed E-state index contributed by atoms with van der Waals surface area (Å²) in [4.78, 5) is 36.4. The summed E-state index contributed by atoms with van der Waals surface area (Å²) >= 11 is 1.77. The molecule has 3 unspecified atom stereocenters. The molecule has 170 valence electrons. The van der Waals surface area contributed by atoms with Gasteiger partial charge in [-0.1, -0.05) is 6.42 Å². The van der Waals surface area contributed by atoms with Crippen molar-refractivity contribution >= 4 is 29.7 Å². The van der Waals surface area contributed by atoms with Gasteiger partial charge in [-0.25, -0.2) is 18.4 Å². The lowest BCUT2D eigenvalue weighted by molar-refractivity contribution is -0.141. The molecule has 0 aromatic heterocycles. The summed E-state index contributed by atoms with van der Waals surface area (Å²) in [5.41, 5.74) is 0. The molecule has 2 heterocycles. The summed E-state index contributed by atoms with van der Waals surface area (Å²) < 4.78 is 57.9. The molecule has 0 bridgehead atoms. The van der Waals surface area contributed by atoms with E-state index in [2.05, 4.69) is 15.4 Å². The number of urea groups is 1. The minimum Gasteiger partial charge on any atom is -0.419 e. The molecule has 1 aromatic rings. The van der Waals surface area contributed by atoms with Crippen molar-refractivity contribution < 1.29 is 36.7 Å². The lowest BCUT2D eigenvalue weighted by Crippen LogP contribution is -2.36. The van der Waals surface area contributed by atoms with E-state index in [1.807, 2.05) is 0 Å². The predicted molar refractivity (Wildman–Crippen MR) is 104 cm³/mol. The molecule has 12 heteroatoms. The van der Waals surface area contributed by atoms with E-state index in [9.17, 15) is 31.9 Å². The Labute approximate surface area is 179 Å². The molecular formula is C19H21F4N3O4S. The molecular weight excluding hydrogens is 442 g/mol. The first-order valence-corrected chi connectivity index (χ1v) is 10.7. The summed E-state index contributed by atoms with van der Waals surface area (Å²) in [5, 5.41) is 6.01. The van der Waals surface area contributed by atoms with Crippen LogP contribution in [0.15, 0.2) is 6.07 Å². The highest BCUT2D eigenvalue weighted by Gasteiger charge is 2.42. The molecule has 3 rings (SSSR count). The fraction of sp³-hybridized carbons (Fsp3) is 0.526. The van der Waals surface area contributed by atoms with E-state index in [0.29, 0.717) is 6.42 Å². The first-order valence-electron chi connectivity index (χ1n) is 9.63. The van der Waals surface area contributed by atoms with Crippen LogP contribution in [0.5, 0.6) is 5.75 Å². The Morgan fingerprint density at radius 2 is 1.84 bits per heavy atom. The van der Waals surface area contributed by atoms with Gasteiger partial charge in [-0.05, 0) is 12.8 Å². The monoisotopic (exact) mass is 463 g/mol. The van der Waals surface area contributed by atoms with Gasteiger partial charge in [0.25, 0.3) is 0 Å². The number of esters is 1. The maximum atomic E-state index is 13.6. The first kappa shape index (κ1) is 23.2. The molecule has 3 amide bonds. The second kappa shape index (κ2) is 9.75. The van der Waals surface area contributed by atoms with Crippen molar-refractivity contribution in [1.82, 2.24) is 15.5 Å². The number of unbranched alkanes of at least 4 members (excludes halogenated alkanes) is 1. The van der Waals surface area contributed by atoms with Crippen LogP contribution in [0.3, 0.4) is 0 Å². The molecule has 0 radical (unpaired) electrons. The van der Waals surface area contributed by atoms with E-state index in [1.165, 1.54) is 7.05 Å². The molecule has 0 spiro atoms. The number of hydrogen-bond donors (Lipinski definition) is 2. The highest BCUT2D eigenvalue weighted by molar-refractivity contribution is 8.00. The van der Waals surface area contributed by atoms with Crippen LogP contribution in [0.2, 0.25) is 0 Å². The predicted octanol–water partition coefficient (Wildman–Crippen LogP) is 2.33. The third-order valence-electron chi connectivity index (χ3n) is 5.15. The van der Waals surface area contributed by atoms with E-state index < -0.39 is 47.4 Å². The molecule has 31 heavy (non-hydrogen) atoms. The lowest BCUT2D eigenvalue weighted by Gasteiger charge is -2.18. The average Bonchev–Trinajstić information content (AvgIpc) is 3.26. The normalized spacial score (nSPS) is 22.0. The molecule has 2 fully saturated rings. The van der Waals surface area contributed by atoms with Crippen LogP contribution < -0.4 is 15.4 Å². The summed E-state index contributed by atoms with van der Waals surface area (Å²) in [6, 6.07) is 0.0466. The van der Waals surface area contributed by atoms with Crippen LogP contribution in [-0.4, -0.2) is 59.5 Å². The summed E-state index contributed by atoms with van der Waals surface area (Å²) in [6.07, 6.45) is 2.24. The number of carbonyl (C=O) groups is 3. The van der Waals surface area contributed by atoms with E-state index in [4.69, 9.17) is 0 Å². The van der Waals surface area contributed by atoms with Crippen molar-refractivity contribution in [2.24, 2.45) is 0 Å². The number of ether oxygens (including phenoxy) is 1. The Morgan fingerprint density at radius 1 is 1.16 bits per heavy atom. The Kier molecular flexibility index (Phi) is 7.29. The van der Waals surface area contributed by atoms with Gasteiger partial charge in [-0.15, -0.1) is 0 Å². The van der Waals surface area contributed by atoms with Gasteiger partial charge >= 0.3 is 12.0 Å². The number of likely N-dealkylation sites (N-methyl/N-ethyl adjacent to an activating group) is 1.